The number of fused-ring (bicyclic) bond motifs is 5. The zero-order valence-electron chi connectivity index (χ0n) is 18.4. The third kappa shape index (κ3) is 3.35. The summed E-state index contributed by atoms with van der Waals surface area (Å²) < 4.78 is 20.0. The number of aromatic nitrogens is 3. The Kier molecular flexibility index (Phi) is 4.79. The highest BCUT2D eigenvalue weighted by Gasteiger charge is 2.42. The predicted octanol–water partition coefficient (Wildman–Crippen LogP) is 3.48. The highest BCUT2D eigenvalue weighted by atomic mass is 16.6. The van der Waals surface area contributed by atoms with E-state index in [1.165, 1.54) is 0 Å². The van der Waals surface area contributed by atoms with E-state index in [0.717, 1.165) is 33.7 Å². The monoisotopic (exact) mass is 431 g/mol. The molecule has 5 rings (SSSR count). The summed E-state index contributed by atoms with van der Waals surface area (Å²) in [5.41, 5.74) is 10.6. The smallest absolute Gasteiger partial charge is 0.166 e. The van der Waals surface area contributed by atoms with Crippen LogP contribution in [0.25, 0.3) is 11.1 Å². The summed E-state index contributed by atoms with van der Waals surface area (Å²) in [7, 11) is 1.77. The van der Waals surface area contributed by atoms with Gasteiger partial charge >= 0.3 is 0 Å². The van der Waals surface area contributed by atoms with Crippen LogP contribution in [-0.2, 0) is 18.2 Å². The second-order valence-corrected chi connectivity index (χ2v) is 8.59. The number of anilines is 1. The van der Waals surface area contributed by atoms with Gasteiger partial charge in [0.15, 0.2) is 17.2 Å². The molecule has 1 saturated heterocycles. The molecule has 1 spiro atoms. The molecule has 2 aromatic heterocycles. The van der Waals surface area contributed by atoms with Gasteiger partial charge < -0.3 is 19.9 Å². The molecule has 2 aliphatic rings. The number of pyridine rings is 1. The highest BCUT2D eigenvalue weighted by Crippen LogP contribution is 2.40. The molecule has 8 nitrogen and oxygen atoms in total. The van der Waals surface area contributed by atoms with Crippen molar-refractivity contribution in [2.24, 2.45) is 7.05 Å². The molecule has 2 N–H and O–H groups in total. The van der Waals surface area contributed by atoms with E-state index >= 15 is 0 Å². The molecular weight excluding hydrogens is 406 g/mol. The highest BCUT2D eigenvalue weighted by molar-refractivity contribution is 5.73. The summed E-state index contributed by atoms with van der Waals surface area (Å²) in [6, 6.07) is 10.2. The Balaban J connectivity index is 1.69. The van der Waals surface area contributed by atoms with Crippen molar-refractivity contribution in [2.45, 2.75) is 38.4 Å². The maximum Gasteiger partial charge on any atom is 0.166 e. The first kappa shape index (κ1) is 20.3. The third-order valence-corrected chi connectivity index (χ3v) is 6.18. The lowest BCUT2D eigenvalue weighted by atomic mass is 9.92. The van der Waals surface area contributed by atoms with Crippen LogP contribution >= 0.6 is 0 Å². The Bertz CT molecular complexity index is 1240. The number of hydrogen-bond donors (Lipinski definition) is 1. The molecule has 32 heavy (non-hydrogen) atoms. The number of nitriles is 1. The fourth-order valence-electron chi connectivity index (χ4n) is 4.37. The van der Waals surface area contributed by atoms with Crippen LogP contribution in [0.15, 0.2) is 30.5 Å². The normalized spacial score (nSPS) is 19.0. The van der Waals surface area contributed by atoms with E-state index in [2.05, 4.69) is 22.2 Å². The van der Waals surface area contributed by atoms with Crippen molar-refractivity contribution in [3.05, 3.63) is 53.0 Å². The van der Waals surface area contributed by atoms with Crippen LogP contribution < -0.4 is 15.2 Å². The molecule has 3 aromatic rings. The average Bonchev–Trinajstić information content (AvgIpc) is 3.07. The molecule has 2 aliphatic heterocycles. The van der Waals surface area contributed by atoms with Gasteiger partial charge in [-0.15, -0.1) is 0 Å². The van der Waals surface area contributed by atoms with Crippen LogP contribution in [0.2, 0.25) is 0 Å². The first-order valence-electron chi connectivity index (χ1n) is 10.6. The van der Waals surface area contributed by atoms with Gasteiger partial charge in [0.1, 0.15) is 23.6 Å². The number of nitrogens with zero attached hydrogens (tertiary/aromatic N) is 4. The Hall–Kier alpha value is -3.57. The van der Waals surface area contributed by atoms with E-state index in [0.29, 0.717) is 43.3 Å². The zero-order valence-corrected chi connectivity index (χ0v) is 18.4. The molecular formula is C24H25N5O3. The van der Waals surface area contributed by atoms with E-state index in [1.54, 1.807) is 17.9 Å². The zero-order chi connectivity index (χ0) is 22.5. The third-order valence-electron chi connectivity index (χ3n) is 6.18. The standard InChI is InChI=1S/C24H25N5O3/c1-14-4-5-20-17(8-14)15(2)31-21-9-16(11-27-23(21)26)22-18(28-29(3)19(22)10-25)6-7-24(32-20)12-30-13-24/h4-5,8-9,11,15H,6-7,12-13H2,1-3H3,(H2,26,27)/t15-/m1/s1. The van der Waals surface area contributed by atoms with E-state index in [4.69, 9.17) is 19.9 Å². The number of nitrogen functional groups attached to an aromatic ring is 1. The fourth-order valence-corrected chi connectivity index (χ4v) is 4.37. The second kappa shape index (κ2) is 7.53. The van der Waals surface area contributed by atoms with Crippen LogP contribution in [-0.4, -0.2) is 33.6 Å². The molecule has 0 unspecified atom stereocenters. The summed E-state index contributed by atoms with van der Waals surface area (Å²) in [5, 5.41) is 14.4. The van der Waals surface area contributed by atoms with Gasteiger partial charge in [-0.2, -0.15) is 10.4 Å². The molecule has 0 saturated carbocycles. The van der Waals surface area contributed by atoms with E-state index in [1.807, 2.05) is 32.0 Å². The van der Waals surface area contributed by atoms with Crippen LogP contribution in [0.1, 0.15) is 42.0 Å². The van der Waals surface area contributed by atoms with Crippen molar-refractivity contribution >= 4 is 5.82 Å². The van der Waals surface area contributed by atoms with Crippen molar-refractivity contribution < 1.29 is 14.2 Å². The minimum atomic E-state index is -0.449. The molecule has 164 valence electrons. The summed E-state index contributed by atoms with van der Waals surface area (Å²) in [6.07, 6.45) is 2.68. The summed E-state index contributed by atoms with van der Waals surface area (Å²) >= 11 is 0. The Labute approximate surface area is 186 Å². The van der Waals surface area contributed by atoms with Gasteiger partial charge in [-0.05, 0) is 44.9 Å². The maximum atomic E-state index is 9.80. The van der Waals surface area contributed by atoms with Crippen LogP contribution in [0.4, 0.5) is 5.82 Å². The number of hydrogen-bond acceptors (Lipinski definition) is 7. The average molecular weight is 431 g/mol. The minimum absolute atomic E-state index is 0.290. The largest absolute Gasteiger partial charge is 0.482 e. The quantitative estimate of drug-likeness (QED) is 0.580. The number of nitrogens with two attached hydrogens (primary N) is 1. The molecule has 8 heteroatoms. The van der Waals surface area contributed by atoms with Crippen molar-refractivity contribution in [3.63, 3.8) is 0 Å². The van der Waals surface area contributed by atoms with Crippen LogP contribution in [0, 0.1) is 18.3 Å². The topological polar surface area (TPSA) is 108 Å². The van der Waals surface area contributed by atoms with Gasteiger partial charge in [0, 0.05) is 29.9 Å². The lowest BCUT2D eigenvalue weighted by molar-refractivity contribution is -0.165. The summed E-state index contributed by atoms with van der Waals surface area (Å²) in [6.45, 7) is 5.02. The SMILES string of the molecule is Cc1ccc2c(c1)[C@@H](C)Oc1cc(cnc1N)-c1c(nn(C)c1C#N)CCC1(COC1)O2. The Morgan fingerprint density at radius 3 is 2.78 bits per heavy atom. The van der Waals surface area contributed by atoms with Gasteiger partial charge in [-0.3, -0.25) is 4.68 Å². The van der Waals surface area contributed by atoms with Crippen molar-refractivity contribution in [1.82, 2.24) is 14.8 Å². The van der Waals surface area contributed by atoms with Gasteiger partial charge in [-0.25, -0.2) is 4.98 Å². The van der Waals surface area contributed by atoms with E-state index < -0.39 is 5.60 Å². The van der Waals surface area contributed by atoms with Crippen molar-refractivity contribution in [3.8, 4) is 28.7 Å². The summed E-state index contributed by atoms with van der Waals surface area (Å²) in [4.78, 5) is 4.35. The maximum absolute atomic E-state index is 9.80. The van der Waals surface area contributed by atoms with Gasteiger partial charge in [0.2, 0.25) is 0 Å². The van der Waals surface area contributed by atoms with Crippen LogP contribution in [0.5, 0.6) is 11.5 Å². The number of benzene rings is 1. The number of rotatable bonds is 0. The van der Waals surface area contributed by atoms with Crippen molar-refractivity contribution in [1.29, 1.82) is 5.26 Å². The molecule has 4 heterocycles. The second-order valence-electron chi connectivity index (χ2n) is 8.59. The van der Waals surface area contributed by atoms with E-state index in [-0.39, 0.29) is 6.10 Å². The van der Waals surface area contributed by atoms with E-state index in [9.17, 15) is 5.26 Å². The first-order valence-corrected chi connectivity index (χ1v) is 10.6. The molecule has 1 atom stereocenters. The van der Waals surface area contributed by atoms with Crippen LogP contribution in [0.3, 0.4) is 0 Å². The minimum Gasteiger partial charge on any atom is -0.482 e. The molecule has 1 fully saturated rings. The molecule has 0 aliphatic carbocycles. The molecule has 2 bridgehead atoms. The lowest BCUT2D eigenvalue weighted by Gasteiger charge is -2.42. The Morgan fingerprint density at radius 2 is 2.06 bits per heavy atom. The molecule has 0 radical (unpaired) electrons. The Morgan fingerprint density at radius 1 is 1.25 bits per heavy atom. The lowest BCUT2D eigenvalue weighted by Crippen LogP contribution is -2.54. The first-order chi connectivity index (χ1) is 15.4. The van der Waals surface area contributed by atoms with Gasteiger partial charge in [-0.1, -0.05) is 11.6 Å². The fraction of sp³-hybridized carbons (Fsp3) is 0.375. The van der Waals surface area contributed by atoms with Crippen molar-refractivity contribution in [2.75, 3.05) is 18.9 Å². The molecule has 1 aromatic carbocycles. The van der Waals surface area contributed by atoms with Gasteiger partial charge in [0.25, 0.3) is 0 Å². The number of aryl methyl sites for hydroxylation is 3. The summed E-state index contributed by atoms with van der Waals surface area (Å²) in [5.74, 6) is 1.52. The predicted molar refractivity (Wildman–Crippen MR) is 118 cm³/mol. The molecule has 0 amide bonds. The number of ether oxygens (including phenoxy) is 3. The van der Waals surface area contributed by atoms with Gasteiger partial charge in [0.05, 0.1) is 18.9 Å².